The van der Waals surface area contributed by atoms with Gasteiger partial charge >= 0.3 is 5.97 Å². The first-order chi connectivity index (χ1) is 7.46. The summed E-state index contributed by atoms with van der Waals surface area (Å²) in [6.45, 7) is 3.72. The molecule has 0 saturated heterocycles. The van der Waals surface area contributed by atoms with E-state index in [1.807, 2.05) is 13.8 Å². The molecule has 3 N–H and O–H groups in total. The van der Waals surface area contributed by atoms with E-state index in [1.54, 1.807) is 0 Å². The van der Waals surface area contributed by atoms with Crippen LogP contribution in [0.3, 0.4) is 0 Å². The lowest BCUT2D eigenvalue weighted by molar-refractivity contribution is 0.0697. The molecule has 1 heterocycles. The van der Waals surface area contributed by atoms with E-state index < -0.39 is 11.5 Å². The predicted molar refractivity (Wildman–Crippen MR) is 58.4 cm³/mol. The van der Waals surface area contributed by atoms with Gasteiger partial charge in [-0.3, -0.25) is 0 Å². The highest BCUT2D eigenvalue weighted by molar-refractivity contribution is 5.92. The zero-order chi connectivity index (χ0) is 12.2. The van der Waals surface area contributed by atoms with Crippen LogP contribution in [0.2, 0.25) is 0 Å². The second kappa shape index (κ2) is 4.89. The van der Waals surface area contributed by atoms with Crippen LogP contribution < -0.4 is 5.32 Å². The fourth-order valence-electron chi connectivity index (χ4n) is 1.26. The molecule has 0 aromatic carbocycles. The highest BCUT2D eigenvalue weighted by atomic mass is 16.4. The van der Waals surface area contributed by atoms with Crippen molar-refractivity contribution in [3.8, 4) is 0 Å². The number of hydrogen-bond acceptors (Lipinski definition) is 5. The highest BCUT2D eigenvalue weighted by Gasteiger charge is 2.21. The lowest BCUT2D eigenvalue weighted by Gasteiger charge is -2.26. The zero-order valence-corrected chi connectivity index (χ0v) is 9.27. The molecule has 1 aromatic rings. The van der Waals surface area contributed by atoms with Gasteiger partial charge in [-0.05, 0) is 26.3 Å². The van der Waals surface area contributed by atoms with Gasteiger partial charge in [0.15, 0.2) is 5.82 Å². The van der Waals surface area contributed by atoms with E-state index in [9.17, 15) is 4.79 Å². The van der Waals surface area contributed by atoms with Gasteiger partial charge in [-0.25, -0.2) is 4.79 Å². The molecule has 88 valence electrons. The van der Waals surface area contributed by atoms with Crippen LogP contribution in [0.25, 0.3) is 0 Å². The van der Waals surface area contributed by atoms with E-state index in [4.69, 9.17) is 10.2 Å². The van der Waals surface area contributed by atoms with Gasteiger partial charge < -0.3 is 15.5 Å². The molecule has 1 rings (SSSR count). The number of aliphatic hydroxyl groups is 1. The maximum Gasteiger partial charge on any atom is 0.339 e. The number of rotatable bonds is 5. The molecular formula is C10H15N3O3. The highest BCUT2D eigenvalue weighted by Crippen LogP contribution is 2.18. The first-order valence-corrected chi connectivity index (χ1v) is 4.90. The third-order valence-corrected chi connectivity index (χ3v) is 2.14. The average molecular weight is 225 g/mol. The maximum absolute atomic E-state index is 10.9. The number of hydrogen-bond donors (Lipinski definition) is 3. The maximum atomic E-state index is 10.9. The Kier molecular flexibility index (Phi) is 3.78. The van der Waals surface area contributed by atoms with Gasteiger partial charge in [0, 0.05) is 12.1 Å². The molecule has 0 aliphatic heterocycles. The number of aromatic nitrogens is 2. The molecule has 0 amide bonds. The minimum atomic E-state index is -1.06. The number of carboxylic acids is 1. The van der Waals surface area contributed by atoms with Crippen LogP contribution in [0.4, 0.5) is 5.82 Å². The number of aliphatic hydroxyl groups excluding tert-OH is 1. The van der Waals surface area contributed by atoms with Crippen LogP contribution in [0.1, 0.15) is 30.6 Å². The summed E-state index contributed by atoms with van der Waals surface area (Å²) in [4.78, 5) is 10.9. The summed E-state index contributed by atoms with van der Waals surface area (Å²) >= 11 is 0. The van der Waals surface area contributed by atoms with Crippen LogP contribution in [0.5, 0.6) is 0 Å². The number of anilines is 1. The monoisotopic (exact) mass is 225 g/mol. The van der Waals surface area contributed by atoms with E-state index >= 15 is 0 Å². The van der Waals surface area contributed by atoms with Crippen molar-refractivity contribution in [3.05, 3.63) is 17.8 Å². The normalized spacial score (nSPS) is 11.2. The van der Waals surface area contributed by atoms with Crippen molar-refractivity contribution in [1.29, 1.82) is 0 Å². The molecule has 0 spiro atoms. The Labute approximate surface area is 93.3 Å². The fourth-order valence-corrected chi connectivity index (χ4v) is 1.26. The van der Waals surface area contributed by atoms with E-state index in [0.717, 1.165) is 0 Å². The van der Waals surface area contributed by atoms with E-state index in [1.165, 1.54) is 12.3 Å². The van der Waals surface area contributed by atoms with Gasteiger partial charge in [0.1, 0.15) is 5.56 Å². The molecule has 0 bridgehead atoms. The largest absolute Gasteiger partial charge is 0.478 e. The second-order valence-electron chi connectivity index (χ2n) is 4.08. The van der Waals surface area contributed by atoms with Crippen molar-refractivity contribution in [2.24, 2.45) is 0 Å². The molecule has 0 saturated carbocycles. The summed E-state index contributed by atoms with van der Waals surface area (Å²) in [5.41, 5.74) is -0.365. The van der Waals surface area contributed by atoms with Gasteiger partial charge in [-0.15, -0.1) is 5.10 Å². The van der Waals surface area contributed by atoms with Crippen molar-refractivity contribution >= 4 is 11.8 Å². The molecule has 0 fully saturated rings. The Balaban J connectivity index is 2.92. The number of aromatic carboxylic acids is 1. The molecular weight excluding hydrogens is 210 g/mol. The molecule has 6 heteroatoms. The summed E-state index contributed by atoms with van der Waals surface area (Å²) in [5, 5.41) is 28.1. The topological polar surface area (TPSA) is 95.3 Å². The summed E-state index contributed by atoms with van der Waals surface area (Å²) < 4.78 is 0. The third-order valence-electron chi connectivity index (χ3n) is 2.14. The molecule has 0 radical (unpaired) electrons. The van der Waals surface area contributed by atoms with Crippen molar-refractivity contribution in [2.45, 2.75) is 25.8 Å². The first kappa shape index (κ1) is 12.4. The smallest absolute Gasteiger partial charge is 0.339 e. The first-order valence-electron chi connectivity index (χ1n) is 4.90. The van der Waals surface area contributed by atoms with Crippen molar-refractivity contribution in [1.82, 2.24) is 10.2 Å². The van der Waals surface area contributed by atoms with Crippen LogP contribution in [-0.2, 0) is 0 Å². The minimum absolute atomic E-state index is 0.0165. The second-order valence-corrected chi connectivity index (χ2v) is 4.08. The molecule has 0 unspecified atom stereocenters. The molecule has 6 nitrogen and oxygen atoms in total. The number of carbonyl (C=O) groups is 1. The SMILES string of the molecule is CC(C)(CCO)Nc1nnccc1C(=O)O. The Bertz CT molecular complexity index is 379. The van der Waals surface area contributed by atoms with Gasteiger partial charge in [0.2, 0.25) is 0 Å². The fraction of sp³-hybridized carbons (Fsp3) is 0.500. The van der Waals surface area contributed by atoms with Gasteiger partial charge in [-0.1, -0.05) is 0 Å². The quantitative estimate of drug-likeness (QED) is 0.684. The Morgan fingerprint density at radius 3 is 2.81 bits per heavy atom. The van der Waals surface area contributed by atoms with Crippen molar-refractivity contribution in [2.75, 3.05) is 11.9 Å². The zero-order valence-electron chi connectivity index (χ0n) is 9.27. The standard InChI is InChI=1S/C10H15N3O3/c1-10(2,4-6-14)12-8-7(9(15)16)3-5-11-13-8/h3,5,14H,4,6H2,1-2H3,(H,12,13)(H,15,16). The molecule has 0 aliphatic rings. The molecule has 0 aliphatic carbocycles. The van der Waals surface area contributed by atoms with Gasteiger partial charge in [0.05, 0.1) is 6.20 Å². The van der Waals surface area contributed by atoms with Gasteiger partial charge in [0.25, 0.3) is 0 Å². The Morgan fingerprint density at radius 2 is 2.25 bits per heavy atom. The Morgan fingerprint density at radius 1 is 1.56 bits per heavy atom. The summed E-state index contributed by atoms with van der Waals surface area (Å²) in [7, 11) is 0. The third kappa shape index (κ3) is 3.16. The lowest BCUT2D eigenvalue weighted by Crippen LogP contribution is -2.33. The van der Waals surface area contributed by atoms with Crippen LogP contribution in [-0.4, -0.2) is 38.5 Å². The van der Waals surface area contributed by atoms with Crippen LogP contribution in [0, 0.1) is 0 Å². The van der Waals surface area contributed by atoms with E-state index in [2.05, 4.69) is 15.5 Å². The van der Waals surface area contributed by atoms with Crippen LogP contribution in [0.15, 0.2) is 12.3 Å². The average Bonchev–Trinajstić information content (AvgIpc) is 2.17. The summed E-state index contributed by atoms with van der Waals surface area (Å²) in [5.74, 6) is -0.842. The van der Waals surface area contributed by atoms with Gasteiger partial charge in [-0.2, -0.15) is 5.10 Å². The summed E-state index contributed by atoms with van der Waals surface area (Å²) in [6, 6.07) is 1.38. The molecule has 1 aromatic heterocycles. The number of carboxylic acid groups (broad SMARTS) is 1. The summed E-state index contributed by atoms with van der Waals surface area (Å²) in [6.07, 6.45) is 1.82. The van der Waals surface area contributed by atoms with Crippen LogP contribution >= 0.6 is 0 Å². The lowest BCUT2D eigenvalue weighted by atomic mass is 10.0. The predicted octanol–water partition coefficient (Wildman–Crippen LogP) is 0.748. The Hall–Kier alpha value is -1.69. The van der Waals surface area contributed by atoms with E-state index in [-0.39, 0.29) is 18.0 Å². The number of nitrogens with zero attached hydrogens (tertiary/aromatic N) is 2. The van der Waals surface area contributed by atoms with Crippen molar-refractivity contribution < 1.29 is 15.0 Å². The molecule has 16 heavy (non-hydrogen) atoms. The number of nitrogens with one attached hydrogen (secondary N) is 1. The molecule has 0 atom stereocenters. The van der Waals surface area contributed by atoms with E-state index in [0.29, 0.717) is 6.42 Å². The van der Waals surface area contributed by atoms with Crippen molar-refractivity contribution in [3.63, 3.8) is 0 Å². The minimum Gasteiger partial charge on any atom is -0.478 e.